The van der Waals surface area contributed by atoms with Gasteiger partial charge in [0.2, 0.25) is 5.91 Å². The Balaban J connectivity index is 0.000000294. The molecule has 1 N–H and O–H groups in total. The highest BCUT2D eigenvalue weighted by molar-refractivity contribution is 5.89. The number of ether oxygens (including phenoxy) is 5. The normalized spacial score (nSPS) is 25.2. The number of benzene rings is 2. The van der Waals surface area contributed by atoms with Crippen molar-refractivity contribution in [3.63, 3.8) is 0 Å². The zero-order valence-electron chi connectivity index (χ0n) is 39.7. The minimum atomic E-state index is -0.975. The molecule has 0 bridgehead atoms. The number of esters is 1. The van der Waals surface area contributed by atoms with Crippen LogP contribution in [0.25, 0.3) is 0 Å². The monoisotopic (exact) mass is 891 g/mol. The second-order valence-electron chi connectivity index (χ2n) is 21.1. The summed E-state index contributed by atoms with van der Waals surface area (Å²) >= 11 is 0. The van der Waals surface area contributed by atoms with Crippen molar-refractivity contribution >= 4 is 23.9 Å². The molecule has 356 valence electrons. The van der Waals surface area contributed by atoms with Crippen molar-refractivity contribution in [3.05, 3.63) is 83.4 Å². The minimum absolute atomic E-state index is 0. The van der Waals surface area contributed by atoms with Gasteiger partial charge in [-0.2, -0.15) is 0 Å². The second-order valence-corrected chi connectivity index (χ2v) is 21.1. The number of amides is 2. The molecule has 0 spiro atoms. The number of carbonyl (C=O) groups is 4. The number of hydrogen-bond acceptors (Lipinski definition) is 9. The molecule has 6 atom stereocenters. The third kappa shape index (κ3) is 13.6. The van der Waals surface area contributed by atoms with Crippen molar-refractivity contribution in [1.82, 2.24) is 9.80 Å². The molecule has 6 rings (SSSR count). The molecule has 2 saturated carbocycles. The number of aliphatic carboxylic acids is 1. The fraction of sp³-hybridized carbons (Fsp3) is 0.654. The molecule has 12 nitrogen and oxygen atoms in total. The van der Waals surface area contributed by atoms with Gasteiger partial charge in [-0.15, -0.1) is 0 Å². The molecule has 0 radical (unpaired) electrons. The molecule has 0 aromatic heterocycles. The van der Waals surface area contributed by atoms with Crippen molar-refractivity contribution in [3.8, 4) is 0 Å². The largest absolute Gasteiger partial charge is 0.480 e. The molecule has 4 aliphatic rings. The lowest BCUT2D eigenvalue weighted by molar-refractivity contribution is -0.163. The van der Waals surface area contributed by atoms with Crippen LogP contribution < -0.4 is 0 Å². The molecule has 4 fully saturated rings. The average molecular weight is 891 g/mol. The highest BCUT2D eigenvalue weighted by Gasteiger charge is 2.72. The van der Waals surface area contributed by atoms with Gasteiger partial charge in [-0.25, -0.2) is 9.59 Å². The van der Waals surface area contributed by atoms with Gasteiger partial charge in [0.05, 0.1) is 51.4 Å². The molecular formula is C52H78N2O10. The summed E-state index contributed by atoms with van der Waals surface area (Å²) in [4.78, 5) is 55.3. The van der Waals surface area contributed by atoms with Crippen molar-refractivity contribution < 1.29 is 48.0 Å². The quantitative estimate of drug-likeness (QED) is 0.144. The van der Waals surface area contributed by atoms with Crippen LogP contribution in [-0.2, 0) is 51.3 Å². The molecule has 2 amide bonds. The van der Waals surface area contributed by atoms with Crippen LogP contribution in [0.5, 0.6) is 0 Å². The number of likely N-dealkylation sites (tertiary alicyclic amines) is 1. The number of fused-ring (bicyclic) bond motifs is 1. The maximum absolute atomic E-state index is 14.1. The predicted octanol–water partition coefficient (Wildman–Crippen LogP) is 10.2. The SMILES string of the molecule is C.C/C(=C\[C@H]1COC(C)(C)N1C(=O)OC(C)(C)C)COCc1ccccc1.CC(C)(C)OC(=O)C[C@H](C(=O)N1C[C@H]2[C@@H]([C@H]1C(=O)O)[C@]2(C)COCc1ccccc1)C1(C)CCCCC1. The van der Waals surface area contributed by atoms with E-state index in [-0.39, 0.29) is 54.6 Å². The van der Waals surface area contributed by atoms with Crippen LogP contribution in [0, 0.1) is 28.6 Å². The topological polar surface area (TPSA) is 141 Å². The van der Waals surface area contributed by atoms with Gasteiger partial charge in [0, 0.05) is 17.9 Å². The molecule has 2 saturated heterocycles. The zero-order chi connectivity index (χ0) is 46.4. The molecular weight excluding hydrogens is 813 g/mol. The number of rotatable bonds is 14. The molecule has 12 heteroatoms. The standard InChI is InChI=1S/C30H43NO6.C21H31NO4.CH4/c1-28(2,3)37-23(32)16-21(29(4)14-10-7-11-15-29)26(33)31-17-22-24(25(31)27(34)35)30(22,5)19-36-18-20-12-8-6-9-13-20;1-16(13-24-14-17-10-8-7-9-11-17)12-18-15-25-21(5,6)22(18)19(23)26-20(2,3)4;/h6,8-9,12-13,21-22,24-25H,7,10-11,14-19H2,1-5H3,(H,34,35);7-12,18H,13-15H2,1-6H3;1H4/b;16-12+;/t21-,22+,24+,25+,30-;18-;/m10./s1. The average Bonchev–Trinajstić information content (AvgIpc) is 3.43. The third-order valence-electron chi connectivity index (χ3n) is 13.0. The Bertz CT molecular complexity index is 1900. The maximum atomic E-state index is 14.1. The minimum Gasteiger partial charge on any atom is -0.480 e. The van der Waals surface area contributed by atoms with E-state index in [4.69, 9.17) is 23.7 Å². The molecule has 2 aliphatic heterocycles. The van der Waals surface area contributed by atoms with E-state index in [0.29, 0.717) is 39.6 Å². The van der Waals surface area contributed by atoms with E-state index in [9.17, 15) is 24.3 Å². The lowest BCUT2D eigenvalue weighted by Crippen LogP contribution is -2.52. The van der Waals surface area contributed by atoms with E-state index < -0.39 is 40.8 Å². The van der Waals surface area contributed by atoms with Crippen LogP contribution >= 0.6 is 0 Å². The summed E-state index contributed by atoms with van der Waals surface area (Å²) in [6.45, 7) is 23.8. The van der Waals surface area contributed by atoms with Crippen LogP contribution in [0.15, 0.2) is 72.3 Å². The van der Waals surface area contributed by atoms with Gasteiger partial charge < -0.3 is 33.7 Å². The third-order valence-corrected chi connectivity index (χ3v) is 13.0. The highest BCUT2D eigenvalue weighted by atomic mass is 16.6. The number of carboxylic acids is 1. The first kappa shape index (κ1) is 52.4. The maximum Gasteiger partial charge on any atom is 0.413 e. The number of nitrogens with zero attached hydrogens (tertiary/aromatic N) is 2. The highest BCUT2D eigenvalue weighted by Crippen LogP contribution is 2.65. The molecule has 2 heterocycles. The number of piperidine rings is 1. The lowest BCUT2D eigenvalue weighted by Gasteiger charge is -2.42. The number of carbonyl (C=O) groups excluding carboxylic acids is 3. The van der Waals surface area contributed by atoms with E-state index in [2.05, 4.69) is 13.8 Å². The predicted molar refractivity (Wildman–Crippen MR) is 248 cm³/mol. The Morgan fingerprint density at radius 1 is 0.828 bits per heavy atom. The summed E-state index contributed by atoms with van der Waals surface area (Å²) in [7, 11) is 0. The Kier molecular flexibility index (Phi) is 17.5. The van der Waals surface area contributed by atoms with Gasteiger partial charge in [-0.05, 0) is 103 Å². The van der Waals surface area contributed by atoms with Crippen LogP contribution in [0.3, 0.4) is 0 Å². The Morgan fingerprint density at radius 2 is 1.38 bits per heavy atom. The van der Waals surface area contributed by atoms with Crippen LogP contribution in [0.1, 0.15) is 133 Å². The van der Waals surface area contributed by atoms with E-state index in [0.717, 1.165) is 48.8 Å². The smallest absolute Gasteiger partial charge is 0.413 e. The second kappa shape index (κ2) is 21.4. The molecule has 2 aliphatic carbocycles. The zero-order valence-corrected chi connectivity index (χ0v) is 39.7. The fourth-order valence-corrected chi connectivity index (χ4v) is 9.79. The summed E-state index contributed by atoms with van der Waals surface area (Å²) < 4.78 is 28.7. The van der Waals surface area contributed by atoms with Gasteiger partial charge in [-0.3, -0.25) is 14.5 Å². The Labute approximate surface area is 383 Å². The first-order chi connectivity index (χ1) is 29.4. The summed E-state index contributed by atoms with van der Waals surface area (Å²) in [5, 5.41) is 10.2. The molecule has 64 heavy (non-hydrogen) atoms. The van der Waals surface area contributed by atoms with E-state index in [1.165, 1.54) is 0 Å². The molecule has 0 unspecified atom stereocenters. The first-order valence-electron chi connectivity index (χ1n) is 22.8. The van der Waals surface area contributed by atoms with E-state index >= 15 is 0 Å². The van der Waals surface area contributed by atoms with Crippen LogP contribution in [0.4, 0.5) is 4.79 Å². The Hall–Kier alpha value is -4.26. The van der Waals surface area contributed by atoms with Crippen molar-refractivity contribution in [2.24, 2.45) is 28.6 Å². The summed E-state index contributed by atoms with van der Waals surface area (Å²) in [5.74, 6) is -2.23. The summed E-state index contributed by atoms with van der Waals surface area (Å²) in [5.41, 5.74) is 0.773. The van der Waals surface area contributed by atoms with Gasteiger partial charge in [0.1, 0.15) is 23.0 Å². The number of hydrogen-bond donors (Lipinski definition) is 1. The van der Waals surface area contributed by atoms with Gasteiger partial charge in [0.25, 0.3) is 0 Å². The summed E-state index contributed by atoms with van der Waals surface area (Å²) in [6.07, 6.45) is 6.52. The molecule has 2 aromatic carbocycles. The van der Waals surface area contributed by atoms with Crippen LogP contribution in [0.2, 0.25) is 0 Å². The van der Waals surface area contributed by atoms with E-state index in [1.807, 2.05) is 129 Å². The van der Waals surface area contributed by atoms with E-state index in [1.54, 1.807) is 9.80 Å². The number of carboxylic acid groups (broad SMARTS) is 1. The summed E-state index contributed by atoms with van der Waals surface area (Å²) in [6, 6.07) is 18.9. The van der Waals surface area contributed by atoms with Gasteiger partial charge in [-0.1, -0.05) is 107 Å². The lowest BCUT2D eigenvalue weighted by atomic mass is 9.65. The molecule has 2 aromatic rings. The van der Waals surface area contributed by atoms with Crippen molar-refractivity contribution in [2.75, 3.05) is 26.4 Å². The van der Waals surface area contributed by atoms with Crippen LogP contribution in [-0.4, -0.2) is 94.2 Å². The fourth-order valence-electron chi connectivity index (χ4n) is 9.79. The van der Waals surface area contributed by atoms with Gasteiger partial charge >= 0.3 is 18.0 Å². The first-order valence-corrected chi connectivity index (χ1v) is 22.8. The van der Waals surface area contributed by atoms with Crippen molar-refractivity contribution in [2.45, 2.75) is 164 Å². The Morgan fingerprint density at radius 3 is 1.91 bits per heavy atom. The van der Waals surface area contributed by atoms with Gasteiger partial charge in [0.15, 0.2) is 0 Å². The van der Waals surface area contributed by atoms with Crippen molar-refractivity contribution in [1.29, 1.82) is 0 Å².